The van der Waals surface area contributed by atoms with E-state index in [9.17, 15) is 9.59 Å². The van der Waals surface area contributed by atoms with Gasteiger partial charge in [-0.2, -0.15) is 0 Å². The van der Waals surface area contributed by atoms with E-state index in [-0.39, 0.29) is 11.7 Å². The molecule has 0 radical (unpaired) electrons. The van der Waals surface area contributed by atoms with E-state index in [4.69, 9.17) is 10.8 Å². The fourth-order valence-electron chi connectivity index (χ4n) is 1.43. The first-order valence-electron chi connectivity index (χ1n) is 5.43. The van der Waals surface area contributed by atoms with Crippen molar-refractivity contribution in [2.45, 2.75) is 25.8 Å². The van der Waals surface area contributed by atoms with Crippen LogP contribution in [0.25, 0.3) is 0 Å². The number of hydrogen-bond acceptors (Lipinski definition) is 3. The van der Waals surface area contributed by atoms with Crippen LogP contribution in [0.3, 0.4) is 0 Å². The van der Waals surface area contributed by atoms with Crippen LogP contribution in [0, 0.1) is 0 Å². The molecule has 0 heterocycles. The van der Waals surface area contributed by atoms with Crippen LogP contribution in [0.2, 0.25) is 0 Å². The molecule has 2 amide bonds. The van der Waals surface area contributed by atoms with Crippen molar-refractivity contribution >= 4 is 11.8 Å². The van der Waals surface area contributed by atoms with Gasteiger partial charge in [0.25, 0.3) is 5.91 Å². The van der Waals surface area contributed by atoms with E-state index in [0.29, 0.717) is 12.0 Å². The molecule has 5 nitrogen and oxygen atoms in total. The molecule has 0 aliphatic heterocycles. The molecule has 0 spiro atoms. The molecule has 0 aromatic heterocycles. The first kappa shape index (κ1) is 13.0. The summed E-state index contributed by atoms with van der Waals surface area (Å²) in [5.74, 6) is -0.831. The minimum absolute atomic E-state index is 0.0848. The molecular weight excluding hydrogens is 220 g/mol. The van der Waals surface area contributed by atoms with Gasteiger partial charge in [-0.05, 0) is 30.7 Å². The van der Waals surface area contributed by atoms with E-state index in [0.717, 1.165) is 6.42 Å². The average Bonchev–Trinajstić information content (AvgIpc) is 2.29. The summed E-state index contributed by atoms with van der Waals surface area (Å²) in [6.45, 7) is 1.91. The van der Waals surface area contributed by atoms with Crippen molar-refractivity contribution < 1.29 is 14.7 Å². The third kappa shape index (κ3) is 3.79. The maximum atomic E-state index is 11.7. The van der Waals surface area contributed by atoms with E-state index in [1.165, 1.54) is 24.3 Å². The number of phenols is 1. The van der Waals surface area contributed by atoms with E-state index in [1.807, 2.05) is 6.92 Å². The van der Waals surface area contributed by atoms with E-state index < -0.39 is 11.9 Å². The minimum atomic E-state index is -0.652. The molecule has 1 atom stereocenters. The van der Waals surface area contributed by atoms with Crippen molar-refractivity contribution in [3.8, 4) is 5.75 Å². The topological polar surface area (TPSA) is 92.4 Å². The molecule has 1 aromatic carbocycles. The molecule has 0 aliphatic carbocycles. The van der Waals surface area contributed by atoms with Crippen molar-refractivity contribution in [2.75, 3.05) is 0 Å². The Balaban J connectivity index is 2.70. The Morgan fingerprint density at radius 2 is 1.94 bits per heavy atom. The second-order valence-electron chi connectivity index (χ2n) is 3.76. The Hall–Kier alpha value is -2.04. The van der Waals surface area contributed by atoms with Gasteiger partial charge < -0.3 is 16.2 Å². The number of nitrogens with one attached hydrogen (secondary N) is 1. The highest BCUT2D eigenvalue weighted by Crippen LogP contribution is 2.10. The van der Waals surface area contributed by atoms with Gasteiger partial charge >= 0.3 is 0 Å². The van der Waals surface area contributed by atoms with E-state index >= 15 is 0 Å². The van der Waals surface area contributed by atoms with Gasteiger partial charge in [-0.3, -0.25) is 9.59 Å². The summed E-state index contributed by atoms with van der Waals surface area (Å²) >= 11 is 0. The Morgan fingerprint density at radius 3 is 2.41 bits per heavy atom. The lowest BCUT2D eigenvalue weighted by atomic mass is 10.1. The van der Waals surface area contributed by atoms with Crippen LogP contribution in [0.5, 0.6) is 5.75 Å². The van der Waals surface area contributed by atoms with Crippen LogP contribution < -0.4 is 11.1 Å². The fraction of sp³-hybridized carbons (Fsp3) is 0.333. The van der Waals surface area contributed by atoms with Gasteiger partial charge in [-0.1, -0.05) is 13.3 Å². The van der Waals surface area contributed by atoms with Crippen LogP contribution in [0.1, 0.15) is 30.1 Å². The highest BCUT2D eigenvalue weighted by Gasteiger charge is 2.17. The Labute approximate surface area is 99.6 Å². The molecule has 1 aromatic rings. The third-order valence-electron chi connectivity index (χ3n) is 2.36. The van der Waals surface area contributed by atoms with Crippen LogP contribution in [-0.2, 0) is 4.79 Å². The van der Waals surface area contributed by atoms with Crippen LogP contribution in [0.4, 0.5) is 0 Å². The maximum Gasteiger partial charge on any atom is 0.251 e. The first-order valence-corrected chi connectivity index (χ1v) is 5.43. The highest BCUT2D eigenvalue weighted by atomic mass is 16.3. The quantitative estimate of drug-likeness (QED) is 0.705. The van der Waals surface area contributed by atoms with Crippen LogP contribution >= 0.6 is 0 Å². The molecule has 0 saturated carbocycles. The summed E-state index contributed by atoms with van der Waals surface area (Å²) in [5.41, 5.74) is 5.56. The lowest BCUT2D eigenvalue weighted by Gasteiger charge is -2.14. The number of benzene rings is 1. The number of hydrogen-bond donors (Lipinski definition) is 3. The zero-order valence-corrected chi connectivity index (χ0v) is 9.64. The molecule has 1 rings (SSSR count). The van der Waals surface area contributed by atoms with Gasteiger partial charge in [0.1, 0.15) is 11.8 Å². The predicted molar refractivity (Wildman–Crippen MR) is 63.5 cm³/mol. The Kier molecular flexibility index (Phi) is 4.51. The molecule has 0 fully saturated rings. The molecule has 5 heteroatoms. The van der Waals surface area contributed by atoms with Crippen LogP contribution in [-0.4, -0.2) is 23.0 Å². The standard InChI is InChI=1S/C12H16N2O3/c1-2-3-10(11(13)16)14-12(17)8-4-6-9(15)7-5-8/h4-7,10,15H,2-3H2,1H3,(H2,13,16)(H,14,17). The summed E-state index contributed by atoms with van der Waals surface area (Å²) in [7, 11) is 0. The van der Waals surface area contributed by atoms with Crippen molar-refractivity contribution in [2.24, 2.45) is 5.73 Å². The zero-order valence-electron chi connectivity index (χ0n) is 9.64. The van der Waals surface area contributed by atoms with Gasteiger partial charge in [0.05, 0.1) is 0 Å². The van der Waals surface area contributed by atoms with Crippen molar-refractivity contribution in [3.05, 3.63) is 29.8 Å². The molecule has 0 saturated heterocycles. The molecule has 17 heavy (non-hydrogen) atoms. The molecule has 0 aliphatic rings. The molecular formula is C12H16N2O3. The number of aromatic hydroxyl groups is 1. The van der Waals surface area contributed by atoms with Crippen LogP contribution in [0.15, 0.2) is 24.3 Å². The monoisotopic (exact) mass is 236 g/mol. The number of carbonyl (C=O) groups is 2. The lowest BCUT2D eigenvalue weighted by molar-refractivity contribution is -0.120. The number of carbonyl (C=O) groups excluding carboxylic acids is 2. The minimum Gasteiger partial charge on any atom is -0.508 e. The van der Waals surface area contributed by atoms with E-state index in [1.54, 1.807) is 0 Å². The Morgan fingerprint density at radius 1 is 1.35 bits per heavy atom. The first-order chi connectivity index (χ1) is 8.04. The largest absolute Gasteiger partial charge is 0.508 e. The summed E-state index contributed by atoms with van der Waals surface area (Å²) in [5, 5.41) is 11.6. The summed E-state index contributed by atoms with van der Waals surface area (Å²) in [6.07, 6.45) is 1.27. The molecule has 4 N–H and O–H groups in total. The number of rotatable bonds is 5. The summed E-state index contributed by atoms with van der Waals surface area (Å²) < 4.78 is 0. The molecule has 92 valence electrons. The predicted octanol–water partition coefficient (Wildman–Crippen LogP) is 0.776. The fourth-order valence-corrected chi connectivity index (χ4v) is 1.43. The van der Waals surface area contributed by atoms with Gasteiger partial charge in [0.2, 0.25) is 5.91 Å². The van der Waals surface area contributed by atoms with Gasteiger partial charge in [-0.25, -0.2) is 0 Å². The second-order valence-corrected chi connectivity index (χ2v) is 3.76. The third-order valence-corrected chi connectivity index (χ3v) is 2.36. The number of nitrogens with two attached hydrogens (primary N) is 1. The number of primary amides is 1. The Bertz CT molecular complexity index is 401. The second kappa shape index (κ2) is 5.89. The zero-order chi connectivity index (χ0) is 12.8. The summed E-state index contributed by atoms with van der Waals surface area (Å²) in [4.78, 5) is 22.8. The SMILES string of the molecule is CCCC(NC(=O)c1ccc(O)cc1)C(N)=O. The number of phenolic OH excluding ortho intramolecular Hbond substituents is 1. The van der Waals surface area contributed by atoms with Crippen molar-refractivity contribution in [1.29, 1.82) is 0 Å². The highest BCUT2D eigenvalue weighted by molar-refractivity contribution is 5.97. The maximum absolute atomic E-state index is 11.7. The van der Waals surface area contributed by atoms with E-state index in [2.05, 4.69) is 5.32 Å². The lowest BCUT2D eigenvalue weighted by Crippen LogP contribution is -2.44. The normalized spacial score (nSPS) is 11.8. The number of amides is 2. The average molecular weight is 236 g/mol. The molecule has 0 bridgehead atoms. The van der Waals surface area contributed by atoms with Gasteiger partial charge in [0.15, 0.2) is 0 Å². The molecule has 1 unspecified atom stereocenters. The van der Waals surface area contributed by atoms with Crippen molar-refractivity contribution in [3.63, 3.8) is 0 Å². The summed E-state index contributed by atoms with van der Waals surface area (Å²) in [6, 6.07) is 5.13. The smallest absolute Gasteiger partial charge is 0.251 e. The van der Waals surface area contributed by atoms with Gasteiger partial charge in [-0.15, -0.1) is 0 Å². The van der Waals surface area contributed by atoms with Crippen molar-refractivity contribution in [1.82, 2.24) is 5.32 Å². The van der Waals surface area contributed by atoms with Gasteiger partial charge in [0, 0.05) is 5.56 Å².